The van der Waals surface area contributed by atoms with Gasteiger partial charge in [-0.2, -0.15) is 0 Å². The van der Waals surface area contributed by atoms with Gasteiger partial charge in [0, 0.05) is 13.0 Å². The first-order chi connectivity index (χ1) is 6.34. The molecule has 1 N–H and O–H groups in total. The number of hydrogen-bond donors (Lipinski definition) is 2. The Morgan fingerprint density at radius 2 is 2.31 bits per heavy atom. The van der Waals surface area contributed by atoms with Crippen molar-refractivity contribution in [3.63, 3.8) is 0 Å². The molecule has 4 nitrogen and oxygen atoms in total. The quantitative estimate of drug-likeness (QED) is 0.657. The molecule has 0 amide bonds. The molecule has 1 unspecified atom stereocenters. The van der Waals surface area contributed by atoms with Gasteiger partial charge in [-0.05, 0) is 25.9 Å². The van der Waals surface area contributed by atoms with E-state index in [1.165, 1.54) is 25.9 Å². The van der Waals surface area contributed by atoms with E-state index in [4.69, 9.17) is 4.74 Å². The summed E-state index contributed by atoms with van der Waals surface area (Å²) in [6.07, 6.45) is 3.56. The molecule has 1 saturated heterocycles. The van der Waals surface area contributed by atoms with E-state index < -0.39 is 0 Å². The van der Waals surface area contributed by atoms with Gasteiger partial charge in [0.25, 0.3) is 0 Å². The smallest absolute Gasteiger partial charge is 0.231 e. The number of likely N-dealkylation sites (tertiary alicyclic amines) is 1. The van der Waals surface area contributed by atoms with Gasteiger partial charge in [-0.1, -0.05) is 0 Å². The van der Waals surface area contributed by atoms with Gasteiger partial charge < -0.3 is 9.64 Å². The third-order valence-electron chi connectivity index (χ3n) is 2.39. The van der Waals surface area contributed by atoms with E-state index in [9.17, 15) is 0 Å². The van der Waals surface area contributed by atoms with Crippen molar-refractivity contribution >= 4 is 18.5 Å². The van der Waals surface area contributed by atoms with E-state index >= 15 is 0 Å². The molecule has 0 radical (unpaired) electrons. The molecule has 0 aromatic heterocycles. The first kappa shape index (κ1) is 9.15. The number of hydrazone groups is 1. The van der Waals surface area contributed by atoms with Gasteiger partial charge in [0.05, 0.1) is 0 Å². The molecule has 1 atom stereocenters. The van der Waals surface area contributed by atoms with Crippen LogP contribution in [0.15, 0.2) is 5.10 Å². The number of nitrogens with zero attached hydrogens (tertiary/aromatic N) is 2. The number of thiol groups is 1. The van der Waals surface area contributed by atoms with Crippen molar-refractivity contribution in [1.29, 1.82) is 0 Å². The molecule has 13 heavy (non-hydrogen) atoms. The molecule has 2 rings (SSSR count). The monoisotopic (exact) mass is 201 g/mol. The second-order valence-electron chi connectivity index (χ2n) is 3.40. The van der Waals surface area contributed by atoms with Crippen molar-refractivity contribution in [2.24, 2.45) is 5.10 Å². The Morgan fingerprint density at radius 1 is 1.54 bits per heavy atom. The fraction of sp³-hybridized carbons (Fsp3) is 0.875. The van der Waals surface area contributed by atoms with Crippen molar-refractivity contribution in [2.75, 3.05) is 19.6 Å². The lowest BCUT2D eigenvalue weighted by Crippen LogP contribution is -2.23. The van der Waals surface area contributed by atoms with Crippen LogP contribution in [0.4, 0.5) is 0 Å². The van der Waals surface area contributed by atoms with Crippen LogP contribution in [0.25, 0.3) is 0 Å². The first-order valence-corrected chi connectivity index (χ1v) is 5.25. The van der Waals surface area contributed by atoms with Crippen molar-refractivity contribution in [2.45, 2.75) is 24.8 Å². The molecule has 2 heterocycles. The van der Waals surface area contributed by atoms with Crippen LogP contribution in [0.3, 0.4) is 0 Å². The predicted molar refractivity (Wildman–Crippen MR) is 54.7 cm³/mol. The largest absolute Gasteiger partial charge is 0.445 e. The Morgan fingerprint density at radius 3 is 2.92 bits per heavy atom. The number of hydrogen-bond acceptors (Lipinski definition) is 5. The second-order valence-corrected chi connectivity index (χ2v) is 3.87. The van der Waals surface area contributed by atoms with Crippen LogP contribution in [0.1, 0.15) is 19.3 Å². The second kappa shape index (κ2) is 4.19. The molecule has 2 aliphatic heterocycles. The summed E-state index contributed by atoms with van der Waals surface area (Å²) in [7, 11) is 0. The Bertz CT molecular complexity index is 204. The molecule has 1 fully saturated rings. The number of rotatable bonds is 3. The molecule has 74 valence electrons. The Balaban J connectivity index is 1.67. The van der Waals surface area contributed by atoms with Gasteiger partial charge in [0.1, 0.15) is 0 Å². The molecule has 0 saturated carbocycles. The average molecular weight is 201 g/mol. The lowest BCUT2D eigenvalue weighted by molar-refractivity contribution is 0.267. The van der Waals surface area contributed by atoms with Crippen molar-refractivity contribution in [3.05, 3.63) is 0 Å². The third-order valence-corrected chi connectivity index (χ3v) is 2.61. The summed E-state index contributed by atoms with van der Waals surface area (Å²) in [5.74, 6) is 0.784. The number of nitrogens with one attached hydrogen (secondary N) is 1. The van der Waals surface area contributed by atoms with Gasteiger partial charge in [0.2, 0.25) is 11.5 Å². The maximum Gasteiger partial charge on any atom is 0.231 e. The maximum atomic E-state index is 5.30. The summed E-state index contributed by atoms with van der Waals surface area (Å²) in [6.45, 7) is 3.51. The fourth-order valence-corrected chi connectivity index (χ4v) is 1.86. The van der Waals surface area contributed by atoms with E-state index in [0.717, 1.165) is 18.9 Å². The van der Waals surface area contributed by atoms with E-state index in [1.807, 2.05) is 0 Å². The van der Waals surface area contributed by atoms with Gasteiger partial charge in [-0.25, -0.2) is 0 Å². The Kier molecular flexibility index (Phi) is 2.95. The molecular weight excluding hydrogens is 186 g/mol. The highest BCUT2D eigenvalue weighted by Gasteiger charge is 2.17. The summed E-state index contributed by atoms with van der Waals surface area (Å²) in [4.78, 5) is 2.44. The molecule has 0 aliphatic carbocycles. The summed E-state index contributed by atoms with van der Waals surface area (Å²) < 4.78 is 5.30. The topological polar surface area (TPSA) is 36.9 Å². The highest BCUT2D eigenvalue weighted by Crippen LogP contribution is 2.10. The van der Waals surface area contributed by atoms with E-state index in [0.29, 0.717) is 0 Å². The molecule has 0 aromatic carbocycles. The van der Waals surface area contributed by atoms with E-state index in [2.05, 4.69) is 28.1 Å². The first-order valence-electron chi connectivity index (χ1n) is 4.74. The van der Waals surface area contributed by atoms with Crippen LogP contribution in [-0.2, 0) is 4.74 Å². The molecule has 2 aliphatic rings. The minimum atomic E-state index is -0.242. The molecule has 0 bridgehead atoms. The highest BCUT2D eigenvalue weighted by atomic mass is 32.1. The zero-order valence-electron chi connectivity index (χ0n) is 7.57. The molecule has 0 spiro atoms. The van der Waals surface area contributed by atoms with Crippen LogP contribution < -0.4 is 5.43 Å². The average Bonchev–Trinajstić information content (AvgIpc) is 2.71. The minimum absolute atomic E-state index is 0.242. The number of ether oxygens (including phenoxy) is 1. The minimum Gasteiger partial charge on any atom is -0.445 e. The van der Waals surface area contributed by atoms with Crippen LogP contribution in [0, 0.1) is 0 Å². The molecule has 0 aromatic rings. The third kappa shape index (κ3) is 2.51. The van der Waals surface area contributed by atoms with Gasteiger partial charge in [0.15, 0.2) is 0 Å². The highest BCUT2D eigenvalue weighted by molar-refractivity contribution is 7.80. The van der Waals surface area contributed by atoms with Crippen LogP contribution >= 0.6 is 12.6 Å². The SMILES string of the molecule is SC1NN=C(CCN2CCCC2)O1. The van der Waals surface area contributed by atoms with Crippen molar-refractivity contribution in [1.82, 2.24) is 10.3 Å². The van der Waals surface area contributed by atoms with Gasteiger partial charge >= 0.3 is 0 Å². The summed E-state index contributed by atoms with van der Waals surface area (Å²) in [5.41, 5.74) is 2.51. The zero-order valence-corrected chi connectivity index (χ0v) is 8.46. The van der Waals surface area contributed by atoms with Gasteiger partial charge in [-0.15, -0.1) is 17.7 Å². The summed E-state index contributed by atoms with van der Waals surface area (Å²) in [5, 5.41) is 4.02. The zero-order chi connectivity index (χ0) is 9.10. The van der Waals surface area contributed by atoms with Gasteiger partial charge in [-0.3, -0.25) is 5.43 Å². The Hall–Kier alpha value is -0.420. The normalized spacial score (nSPS) is 28.4. The van der Waals surface area contributed by atoms with Crippen molar-refractivity contribution < 1.29 is 4.74 Å². The Labute approximate surface area is 83.7 Å². The van der Waals surface area contributed by atoms with Crippen LogP contribution in [0.2, 0.25) is 0 Å². The predicted octanol–water partition coefficient (Wildman–Crippen LogP) is 0.619. The fourth-order valence-electron chi connectivity index (χ4n) is 1.68. The maximum absolute atomic E-state index is 5.30. The van der Waals surface area contributed by atoms with Crippen LogP contribution in [0.5, 0.6) is 0 Å². The summed E-state index contributed by atoms with van der Waals surface area (Å²) >= 11 is 4.09. The van der Waals surface area contributed by atoms with E-state index in [-0.39, 0.29) is 5.56 Å². The van der Waals surface area contributed by atoms with Crippen molar-refractivity contribution in [3.8, 4) is 0 Å². The lowest BCUT2D eigenvalue weighted by Gasteiger charge is -2.13. The van der Waals surface area contributed by atoms with E-state index in [1.54, 1.807) is 0 Å². The summed E-state index contributed by atoms with van der Waals surface area (Å²) in [6, 6.07) is 0. The molecular formula is C8H15N3OS. The van der Waals surface area contributed by atoms with Crippen LogP contribution in [-0.4, -0.2) is 36.0 Å². The molecule has 5 heteroatoms. The lowest BCUT2D eigenvalue weighted by atomic mass is 10.4. The standard InChI is InChI=1S/C8H15N3OS/c13-8-10-9-7(12-8)3-6-11-4-1-2-5-11/h8,10,13H,1-6H2.